The van der Waals surface area contributed by atoms with Gasteiger partial charge in [0.2, 0.25) is 23.6 Å². The van der Waals surface area contributed by atoms with Crippen molar-refractivity contribution in [2.24, 2.45) is 0 Å². The van der Waals surface area contributed by atoms with E-state index in [0.717, 1.165) is 6.08 Å². The number of piperidine rings is 1. The van der Waals surface area contributed by atoms with Crippen LogP contribution in [0.5, 0.6) is 0 Å². The number of halogens is 2. The fourth-order valence-electron chi connectivity index (χ4n) is 6.06. The van der Waals surface area contributed by atoms with E-state index in [4.69, 9.17) is 0 Å². The van der Waals surface area contributed by atoms with E-state index in [9.17, 15) is 28.0 Å². The molecule has 4 amide bonds. The van der Waals surface area contributed by atoms with E-state index < -0.39 is 23.9 Å². The number of benzene rings is 2. The van der Waals surface area contributed by atoms with E-state index in [-0.39, 0.29) is 68.8 Å². The molecule has 3 aromatic rings. The summed E-state index contributed by atoms with van der Waals surface area (Å²) in [5.41, 5.74) is 2.78. The standard InChI is InChI=1S/C30H30F2N8O4/c1-2-23(41)33-19-8-6-17(7-9-19)26(27-36-37-38-40(27)20-12-14-30(31,32)15-13-20)34-21-5-3-4-18-16-39(29(44)25(18)21)22-10-11-24(42)35-28(22)43/h2-9,20,22,26,34H,1,10-16H2,(H,33,41)(H,35,42,43). The largest absolute Gasteiger partial charge is 0.371 e. The maximum atomic E-state index is 14.0. The SMILES string of the molecule is C=CC(=O)Nc1ccc(C(Nc2cccc3c2C(=O)N(C2CCC(=O)NC2=O)C3)c2nnnn2C2CCC(F)(F)CC2)cc1. The molecule has 3 N–H and O–H groups in total. The van der Waals surface area contributed by atoms with Crippen LogP contribution in [0, 0.1) is 0 Å². The number of aromatic nitrogens is 4. The van der Waals surface area contributed by atoms with Crippen LogP contribution >= 0.6 is 0 Å². The van der Waals surface area contributed by atoms with Crippen LogP contribution in [-0.2, 0) is 20.9 Å². The first-order chi connectivity index (χ1) is 21.1. The zero-order valence-corrected chi connectivity index (χ0v) is 23.6. The second kappa shape index (κ2) is 11.6. The second-order valence-electron chi connectivity index (χ2n) is 11.2. The minimum atomic E-state index is -2.73. The number of fused-ring (bicyclic) bond motifs is 1. The third-order valence-electron chi connectivity index (χ3n) is 8.36. The van der Waals surface area contributed by atoms with Crippen molar-refractivity contribution in [3.63, 3.8) is 0 Å². The second-order valence-corrected chi connectivity index (χ2v) is 11.2. The Labute approximate surface area is 250 Å². The highest BCUT2D eigenvalue weighted by molar-refractivity contribution is 6.08. The Bertz CT molecular complexity index is 1630. The van der Waals surface area contributed by atoms with Gasteiger partial charge in [0.15, 0.2) is 5.82 Å². The van der Waals surface area contributed by atoms with Crippen molar-refractivity contribution >= 4 is 35.0 Å². The van der Waals surface area contributed by atoms with E-state index in [1.807, 2.05) is 6.07 Å². The molecule has 1 aliphatic carbocycles. The maximum Gasteiger partial charge on any atom is 0.257 e. The van der Waals surface area contributed by atoms with Crippen molar-refractivity contribution in [1.82, 2.24) is 30.4 Å². The van der Waals surface area contributed by atoms with Gasteiger partial charge in [-0.25, -0.2) is 13.5 Å². The zero-order valence-electron chi connectivity index (χ0n) is 23.6. The minimum absolute atomic E-state index is 0.142. The summed E-state index contributed by atoms with van der Waals surface area (Å²) in [4.78, 5) is 51.3. The van der Waals surface area contributed by atoms with Crippen LogP contribution in [-0.4, -0.2) is 60.7 Å². The molecule has 0 bridgehead atoms. The number of hydrogen-bond donors (Lipinski definition) is 3. The van der Waals surface area contributed by atoms with Crippen LogP contribution in [0.3, 0.4) is 0 Å². The fraction of sp³-hybridized carbons (Fsp3) is 0.367. The lowest BCUT2D eigenvalue weighted by molar-refractivity contribution is -0.137. The molecule has 2 unspecified atom stereocenters. The highest BCUT2D eigenvalue weighted by atomic mass is 19.3. The molecule has 3 aliphatic rings. The molecule has 0 spiro atoms. The normalized spacial score (nSPS) is 20.5. The number of imide groups is 1. The molecule has 2 aliphatic heterocycles. The van der Waals surface area contributed by atoms with Gasteiger partial charge >= 0.3 is 0 Å². The number of tetrazole rings is 1. The van der Waals surface area contributed by atoms with Crippen LogP contribution in [0.1, 0.15) is 77.9 Å². The van der Waals surface area contributed by atoms with Gasteiger partial charge in [-0.15, -0.1) is 5.10 Å². The Morgan fingerprint density at radius 2 is 1.84 bits per heavy atom. The third kappa shape index (κ3) is 5.66. The van der Waals surface area contributed by atoms with E-state index in [1.165, 1.54) is 4.90 Å². The lowest BCUT2D eigenvalue weighted by Gasteiger charge is -2.30. The number of hydrogen-bond acceptors (Lipinski definition) is 8. The monoisotopic (exact) mass is 604 g/mol. The van der Waals surface area contributed by atoms with E-state index >= 15 is 0 Å². The Morgan fingerprint density at radius 3 is 2.55 bits per heavy atom. The summed E-state index contributed by atoms with van der Waals surface area (Å²) in [5.74, 6) is -3.95. The number of rotatable bonds is 8. The van der Waals surface area contributed by atoms with Gasteiger partial charge < -0.3 is 15.5 Å². The smallest absolute Gasteiger partial charge is 0.257 e. The summed E-state index contributed by atoms with van der Waals surface area (Å²) in [7, 11) is 0. The number of nitrogens with one attached hydrogen (secondary N) is 3. The van der Waals surface area contributed by atoms with Crippen LogP contribution in [0.4, 0.5) is 20.2 Å². The number of amides is 4. The topological polar surface area (TPSA) is 151 Å². The molecule has 2 fully saturated rings. The summed E-state index contributed by atoms with van der Waals surface area (Å²) in [6, 6.07) is 10.4. The molecule has 14 heteroatoms. The molecule has 2 atom stereocenters. The van der Waals surface area contributed by atoms with Crippen molar-refractivity contribution in [2.75, 3.05) is 10.6 Å². The molecule has 0 radical (unpaired) electrons. The van der Waals surface area contributed by atoms with Crippen molar-refractivity contribution in [3.8, 4) is 0 Å². The van der Waals surface area contributed by atoms with Crippen molar-refractivity contribution in [1.29, 1.82) is 0 Å². The predicted molar refractivity (Wildman–Crippen MR) is 153 cm³/mol. The summed E-state index contributed by atoms with van der Waals surface area (Å²) >= 11 is 0. The fourth-order valence-corrected chi connectivity index (χ4v) is 6.06. The van der Waals surface area contributed by atoms with Gasteiger partial charge in [-0.05, 0) is 65.1 Å². The van der Waals surface area contributed by atoms with E-state index in [2.05, 4.69) is 38.1 Å². The Morgan fingerprint density at radius 1 is 1.09 bits per heavy atom. The average molecular weight is 605 g/mol. The Hall–Kier alpha value is -5.01. The van der Waals surface area contributed by atoms with Crippen molar-refractivity contribution in [3.05, 3.63) is 77.6 Å². The highest BCUT2D eigenvalue weighted by Gasteiger charge is 2.41. The molecule has 6 rings (SSSR count). The molecule has 3 heterocycles. The quantitative estimate of drug-likeness (QED) is 0.261. The molecule has 12 nitrogen and oxygen atoms in total. The molecule has 1 saturated heterocycles. The highest BCUT2D eigenvalue weighted by Crippen LogP contribution is 2.40. The van der Waals surface area contributed by atoms with Crippen LogP contribution in [0.25, 0.3) is 0 Å². The zero-order chi connectivity index (χ0) is 31.0. The first kappa shape index (κ1) is 29.1. The number of carbonyl (C=O) groups is 4. The van der Waals surface area contributed by atoms with Gasteiger partial charge in [0.05, 0.1) is 11.6 Å². The first-order valence-electron chi connectivity index (χ1n) is 14.4. The number of alkyl halides is 2. The lowest BCUT2D eigenvalue weighted by atomic mass is 9.92. The first-order valence-corrected chi connectivity index (χ1v) is 14.4. The molecular weight excluding hydrogens is 574 g/mol. The maximum absolute atomic E-state index is 14.0. The van der Waals surface area contributed by atoms with Gasteiger partial charge in [-0.2, -0.15) is 0 Å². The molecule has 2 aromatic carbocycles. The molecule has 228 valence electrons. The van der Waals surface area contributed by atoms with Gasteiger partial charge in [0, 0.05) is 37.2 Å². The van der Waals surface area contributed by atoms with Crippen molar-refractivity contribution < 1.29 is 28.0 Å². The van der Waals surface area contributed by atoms with Gasteiger partial charge in [-0.1, -0.05) is 30.8 Å². The van der Waals surface area contributed by atoms with Crippen molar-refractivity contribution in [2.45, 2.75) is 69.1 Å². The van der Waals surface area contributed by atoms with E-state index in [0.29, 0.717) is 33.9 Å². The van der Waals surface area contributed by atoms with E-state index in [1.54, 1.807) is 41.1 Å². The molecule has 44 heavy (non-hydrogen) atoms. The molecular formula is C30H30F2N8O4. The van der Waals surface area contributed by atoms with Gasteiger partial charge in [0.1, 0.15) is 12.1 Å². The van der Waals surface area contributed by atoms with Crippen LogP contribution < -0.4 is 16.0 Å². The Kier molecular flexibility index (Phi) is 7.66. The van der Waals surface area contributed by atoms with Crippen LogP contribution in [0.2, 0.25) is 0 Å². The number of anilines is 2. The number of nitrogens with zero attached hydrogens (tertiary/aromatic N) is 5. The average Bonchev–Trinajstić information content (AvgIpc) is 3.61. The summed E-state index contributed by atoms with van der Waals surface area (Å²) in [6.07, 6.45) is 1.38. The number of carbonyl (C=O) groups excluding carboxylic acids is 4. The lowest BCUT2D eigenvalue weighted by Crippen LogP contribution is -2.52. The van der Waals surface area contributed by atoms with Gasteiger partial charge in [-0.3, -0.25) is 24.5 Å². The summed E-state index contributed by atoms with van der Waals surface area (Å²) in [5, 5.41) is 20.8. The summed E-state index contributed by atoms with van der Waals surface area (Å²) < 4.78 is 29.5. The minimum Gasteiger partial charge on any atom is -0.371 e. The van der Waals surface area contributed by atoms with Gasteiger partial charge in [0.25, 0.3) is 5.91 Å². The summed E-state index contributed by atoms with van der Waals surface area (Å²) in [6.45, 7) is 3.66. The Balaban J connectivity index is 1.34. The van der Waals surface area contributed by atoms with Crippen LogP contribution in [0.15, 0.2) is 55.1 Å². The molecule has 1 aromatic heterocycles. The third-order valence-corrected chi connectivity index (χ3v) is 8.36. The predicted octanol–water partition coefficient (Wildman–Crippen LogP) is 3.51. The molecule has 1 saturated carbocycles.